The van der Waals surface area contributed by atoms with Crippen molar-refractivity contribution in [2.45, 2.75) is 38.5 Å². The molecule has 7 rings (SSSR count). The normalized spacial score (nSPS) is 17.2. The third-order valence-corrected chi connectivity index (χ3v) is 9.21. The van der Waals surface area contributed by atoms with Crippen LogP contribution in [0.4, 0.5) is 22.7 Å². The Kier molecular flexibility index (Phi) is 8.90. The van der Waals surface area contributed by atoms with Gasteiger partial charge in [0.1, 0.15) is 5.75 Å². The smallest absolute Gasteiger partial charge is 0.269 e. The lowest BCUT2D eigenvalue weighted by Gasteiger charge is -2.27. The second-order valence-corrected chi connectivity index (χ2v) is 12.4. The number of hydrogen-bond acceptors (Lipinski definition) is 9. The summed E-state index contributed by atoms with van der Waals surface area (Å²) in [4.78, 5) is 42.2. The number of benzene rings is 4. The summed E-state index contributed by atoms with van der Waals surface area (Å²) in [6.07, 6.45) is 6.23. The fourth-order valence-corrected chi connectivity index (χ4v) is 6.53. The third-order valence-electron chi connectivity index (χ3n) is 9.21. The third kappa shape index (κ3) is 6.13. The Labute approximate surface area is 292 Å². The molecule has 258 valence electrons. The summed E-state index contributed by atoms with van der Waals surface area (Å²) in [6, 6.07) is 25.6. The molecule has 1 aromatic heterocycles. The molecular weight excluding hydrogens is 652 g/mol. The SMILES string of the molecule is C[C@H](/C=C/CCn1cc(CCO)nn1)[C@@]1(O)C(=O)N(Cc2ccc(N3C(=O)c4ccccc4Oc4ccccc43)cc2)c2ccc([N+](=O)[O-])cc21. The highest BCUT2D eigenvalue weighted by molar-refractivity contribution is 6.14. The van der Waals surface area contributed by atoms with Gasteiger partial charge in [-0.25, -0.2) is 0 Å². The zero-order valence-corrected chi connectivity index (χ0v) is 27.6. The first-order valence-corrected chi connectivity index (χ1v) is 16.5. The number of aliphatic hydroxyl groups excluding tert-OH is 1. The van der Waals surface area contributed by atoms with Gasteiger partial charge in [0.05, 0.1) is 34.1 Å². The number of aliphatic hydroxyl groups is 2. The van der Waals surface area contributed by atoms with Crippen LogP contribution in [0.3, 0.4) is 0 Å². The van der Waals surface area contributed by atoms with E-state index in [1.165, 1.54) is 23.1 Å². The van der Waals surface area contributed by atoms with Gasteiger partial charge in [0.15, 0.2) is 11.4 Å². The van der Waals surface area contributed by atoms with Crippen molar-refractivity contribution in [3.63, 3.8) is 0 Å². The number of carbonyl (C=O) groups excluding carboxylic acids is 2. The standard InChI is InChI=1S/C38H34N6O7/c1-25(8-6-7-20-41-24-27(19-21-45)39-40-41)38(48)31-22-29(44(49)50)17-18-32(31)42(37(38)47)23-26-13-15-28(16-14-26)43-33-10-3-5-12-35(33)51-34-11-4-2-9-30(34)36(43)46/h2-6,8-18,22,24-25,45,48H,7,19-21,23H2,1H3/b8-6+/t25-,38+/m1/s1. The Morgan fingerprint density at radius 2 is 1.73 bits per heavy atom. The van der Waals surface area contributed by atoms with E-state index in [0.29, 0.717) is 64.8 Å². The van der Waals surface area contributed by atoms with Crippen LogP contribution in [0.1, 0.15) is 40.5 Å². The number of fused-ring (bicyclic) bond motifs is 3. The molecule has 0 radical (unpaired) electrons. The highest BCUT2D eigenvalue weighted by Gasteiger charge is 2.53. The average molecular weight is 687 g/mol. The molecule has 2 N–H and O–H groups in total. The molecule has 13 heteroatoms. The molecule has 2 aliphatic rings. The number of nitro groups is 1. The molecule has 0 fully saturated rings. The molecule has 0 saturated heterocycles. The maximum atomic E-state index is 14.1. The van der Waals surface area contributed by atoms with Gasteiger partial charge in [-0.2, -0.15) is 0 Å². The van der Waals surface area contributed by atoms with Crippen LogP contribution in [-0.4, -0.2) is 48.6 Å². The fourth-order valence-electron chi connectivity index (χ4n) is 6.53. The molecule has 0 unspecified atom stereocenters. The molecule has 0 spiro atoms. The molecular formula is C38H34N6O7. The van der Waals surface area contributed by atoms with Crippen molar-refractivity contribution in [1.29, 1.82) is 0 Å². The number of aromatic nitrogens is 3. The van der Waals surface area contributed by atoms with Crippen LogP contribution in [0, 0.1) is 16.0 Å². The van der Waals surface area contributed by atoms with Crippen LogP contribution in [-0.2, 0) is 29.9 Å². The molecule has 51 heavy (non-hydrogen) atoms. The summed E-state index contributed by atoms with van der Waals surface area (Å²) in [7, 11) is 0. The predicted molar refractivity (Wildman–Crippen MR) is 188 cm³/mol. The highest BCUT2D eigenvalue weighted by atomic mass is 16.6. The first-order valence-electron chi connectivity index (χ1n) is 16.5. The predicted octanol–water partition coefficient (Wildman–Crippen LogP) is 5.82. The molecule has 13 nitrogen and oxygen atoms in total. The van der Waals surface area contributed by atoms with Gasteiger partial charge in [-0.05, 0) is 54.4 Å². The van der Waals surface area contributed by atoms with Crippen molar-refractivity contribution in [1.82, 2.24) is 15.0 Å². The highest BCUT2D eigenvalue weighted by Crippen LogP contribution is 2.47. The molecule has 0 bridgehead atoms. The van der Waals surface area contributed by atoms with E-state index in [4.69, 9.17) is 9.84 Å². The second kappa shape index (κ2) is 13.6. The minimum absolute atomic E-state index is 0.0232. The lowest BCUT2D eigenvalue weighted by Crippen LogP contribution is -2.44. The van der Waals surface area contributed by atoms with E-state index in [0.717, 1.165) is 0 Å². The zero-order valence-electron chi connectivity index (χ0n) is 27.6. The monoisotopic (exact) mass is 686 g/mol. The van der Waals surface area contributed by atoms with Crippen LogP contribution < -0.4 is 14.5 Å². The van der Waals surface area contributed by atoms with Gasteiger partial charge in [0.25, 0.3) is 17.5 Å². The fraction of sp³-hybridized carbons (Fsp3) is 0.211. The Morgan fingerprint density at radius 3 is 2.49 bits per heavy atom. The number of aryl methyl sites for hydroxylation is 1. The number of nitrogens with zero attached hydrogens (tertiary/aromatic N) is 6. The average Bonchev–Trinajstić information content (AvgIpc) is 3.63. The van der Waals surface area contributed by atoms with E-state index < -0.39 is 22.3 Å². The van der Waals surface area contributed by atoms with Gasteiger partial charge < -0.3 is 19.8 Å². The van der Waals surface area contributed by atoms with Gasteiger partial charge in [-0.3, -0.25) is 29.3 Å². The van der Waals surface area contributed by atoms with E-state index >= 15 is 0 Å². The Hall–Kier alpha value is -6.18. The number of hydrogen-bond donors (Lipinski definition) is 2. The minimum Gasteiger partial charge on any atom is -0.454 e. The largest absolute Gasteiger partial charge is 0.454 e. The number of anilines is 3. The van der Waals surface area contributed by atoms with Gasteiger partial charge in [0.2, 0.25) is 0 Å². The van der Waals surface area contributed by atoms with Crippen molar-refractivity contribution in [2.75, 3.05) is 16.4 Å². The van der Waals surface area contributed by atoms with Crippen LogP contribution >= 0.6 is 0 Å². The summed E-state index contributed by atoms with van der Waals surface area (Å²) >= 11 is 0. The first-order chi connectivity index (χ1) is 24.7. The van der Waals surface area contributed by atoms with Crippen LogP contribution in [0.2, 0.25) is 0 Å². The molecule has 0 aliphatic carbocycles. The van der Waals surface area contributed by atoms with Crippen molar-refractivity contribution in [2.24, 2.45) is 5.92 Å². The topological polar surface area (TPSA) is 164 Å². The van der Waals surface area contributed by atoms with E-state index in [1.54, 1.807) is 77.3 Å². The molecule has 0 saturated carbocycles. The lowest BCUT2D eigenvalue weighted by atomic mass is 9.82. The Bertz CT molecular complexity index is 2160. The number of rotatable bonds is 11. The van der Waals surface area contributed by atoms with E-state index in [-0.39, 0.29) is 30.3 Å². The number of carbonyl (C=O) groups is 2. The van der Waals surface area contributed by atoms with Gasteiger partial charge in [-0.1, -0.05) is 60.7 Å². The van der Waals surface area contributed by atoms with Gasteiger partial charge >= 0.3 is 0 Å². The summed E-state index contributed by atoms with van der Waals surface area (Å²) < 4.78 is 7.76. The van der Waals surface area contributed by atoms with E-state index in [2.05, 4.69) is 10.3 Å². The summed E-state index contributed by atoms with van der Waals surface area (Å²) in [5.41, 5.74) is 1.21. The van der Waals surface area contributed by atoms with E-state index in [1.807, 2.05) is 30.3 Å². The van der Waals surface area contributed by atoms with Crippen molar-refractivity contribution in [3.8, 4) is 11.5 Å². The van der Waals surface area contributed by atoms with Crippen LogP contribution in [0.15, 0.2) is 109 Å². The van der Waals surface area contributed by atoms with Crippen LogP contribution in [0.25, 0.3) is 0 Å². The molecule has 5 aromatic rings. The number of amides is 2. The maximum Gasteiger partial charge on any atom is 0.269 e. The molecule has 2 amide bonds. The second-order valence-electron chi connectivity index (χ2n) is 12.4. The van der Waals surface area contributed by atoms with Crippen molar-refractivity contribution >= 4 is 34.6 Å². The lowest BCUT2D eigenvalue weighted by molar-refractivity contribution is -0.385. The Morgan fingerprint density at radius 1 is 0.980 bits per heavy atom. The van der Waals surface area contributed by atoms with Crippen molar-refractivity contribution in [3.05, 3.63) is 142 Å². The molecule has 2 aliphatic heterocycles. The van der Waals surface area contributed by atoms with Gasteiger partial charge in [-0.15, -0.1) is 5.10 Å². The number of ether oxygens (including phenoxy) is 1. The van der Waals surface area contributed by atoms with Crippen LogP contribution in [0.5, 0.6) is 11.5 Å². The van der Waals surface area contributed by atoms with E-state index in [9.17, 15) is 24.8 Å². The summed E-state index contributed by atoms with van der Waals surface area (Å²) in [5.74, 6) is -0.609. The minimum atomic E-state index is -2.06. The molecule has 2 atom stereocenters. The summed E-state index contributed by atoms with van der Waals surface area (Å²) in [6.45, 7) is 2.24. The maximum absolute atomic E-state index is 14.1. The first kappa shape index (κ1) is 33.3. The number of non-ortho nitro benzene ring substituents is 1. The zero-order chi connectivity index (χ0) is 35.7. The molecule has 4 aromatic carbocycles. The number of allylic oxidation sites excluding steroid dienone is 1. The van der Waals surface area contributed by atoms with Crippen molar-refractivity contribution < 1.29 is 29.5 Å². The molecule has 3 heterocycles. The Balaban J connectivity index is 1.14. The summed E-state index contributed by atoms with van der Waals surface area (Å²) in [5, 5.41) is 41.0. The number of para-hydroxylation sites is 3. The quantitative estimate of drug-likeness (QED) is 0.0990. The van der Waals surface area contributed by atoms with Gasteiger partial charge in [0, 0.05) is 55.1 Å². The number of nitro benzene ring substituents is 1.